The van der Waals surface area contributed by atoms with Crippen LogP contribution in [0, 0.1) is 5.41 Å². The molecule has 1 aromatic rings. The number of amides is 1. The van der Waals surface area contributed by atoms with E-state index in [1.165, 1.54) is 7.11 Å². The van der Waals surface area contributed by atoms with Gasteiger partial charge in [0.25, 0.3) is 5.91 Å². The van der Waals surface area contributed by atoms with Crippen LogP contribution in [0.15, 0.2) is 12.1 Å². The summed E-state index contributed by atoms with van der Waals surface area (Å²) in [6, 6.07) is 3.13. The summed E-state index contributed by atoms with van der Waals surface area (Å²) in [6.45, 7) is 1.50. The number of hydrogen-bond acceptors (Lipinski definition) is 4. The van der Waals surface area contributed by atoms with Gasteiger partial charge in [-0.15, -0.1) is 0 Å². The monoisotopic (exact) mass is 347 g/mol. The first kappa shape index (κ1) is 17.3. The summed E-state index contributed by atoms with van der Waals surface area (Å²) in [5.41, 5.74) is -0.150. The van der Waals surface area contributed by atoms with E-state index in [0.29, 0.717) is 37.6 Å². The molecule has 22 heavy (non-hydrogen) atoms. The van der Waals surface area contributed by atoms with Crippen molar-refractivity contribution in [3.05, 3.63) is 27.7 Å². The number of ether oxygens (including phenoxy) is 2. The fourth-order valence-corrected chi connectivity index (χ4v) is 2.97. The molecule has 0 atom stereocenters. The van der Waals surface area contributed by atoms with Crippen molar-refractivity contribution in [2.75, 3.05) is 33.5 Å². The quantitative estimate of drug-likeness (QED) is 0.858. The van der Waals surface area contributed by atoms with E-state index in [0.717, 1.165) is 0 Å². The fourth-order valence-electron chi connectivity index (χ4n) is 2.50. The number of hydrogen-bond donors (Lipinski definition) is 2. The van der Waals surface area contributed by atoms with Crippen LogP contribution in [0.2, 0.25) is 10.0 Å². The minimum Gasteiger partial charge on any atom is -0.494 e. The molecular formula is C15H19Cl2NO4. The van der Waals surface area contributed by atoms with E-state index < -0.39 is 0 Å². The van der Waals surface area contributed by atoms with Crippen molar-refractivity contribution < 1.29 is 19.4 Å². The molecular weight excluding hydrogens is 329 g/mol. The molecule has 5 nitrogen and oxygen atoms in total. The number of rotatable bonds is 5. The smallest absolute Gasteiger partial charge is 0.256 e. The number of carbonyl (C=O) groups excluding carboxylic acids is 1. The van der Waals surface area contributed by atoms with E-state index in [4.69, 9.17) is 32.7 Å². The van der Waals surface area contributed by atoms with E-state index in [-0.39, 0.29) is 34.3 Å². The number of carbonyl (C=O) groups is 1. The lowest BCUT2D eigenvalue weighted by Gasteiger charge is -2.35. The second-order valence-corrected chi connectivity index (χ2v) is 6.21. The van der Waals surface area contributed by atoms with Gasteiger partial charge in [0.15, 0.2) is 5.75 Å². The molecule has 1 amide bonds. The Balaban J connectivity index is 2.14. The van der Waals surface area contributed by atoms with Gasteiger partial charge in [-0.05, 0) is 25.0 Å². The zero-order chi connectivity index (χ0) is 16.2. The van der Waals surface area contributed by atoms with Gasteiger partial charge >= 0.3 is 0 Å². The zero-order valence-electron chi connectivity index (χ0n) is 12.3. The van der Waals surface area contributed by atoms with Gasteiger partial charge in [-0.3, -0.25) is 4.79 Å². The summed E-state index contributed by atoms with van der Waals surface area (Å²) in [5.74, 6) is -0.125. The van der Waals surface area contributed by atoms with Crippen LogP contribution in [0.4, 0.5) is 0 Å². The van der Waals surface area contributed by atoms with Crippen molar-refractivity contribution in [3.8, 4) is 5.75 Å². The van der Waals surface area contributed by atoms with Crippen LogP contribution in [0.25, 0.3) is 0 Å². The van der Waals surface area contributed by atoms with Gasteiger partial charge in [-0.2, -0.15) is 0 Å². The highest BCUT2D eigenvalue weighted by atomic mass is 35.5. The molecule has 0 unspecified atom stereocenters. The number of methoxy groups -OCH3 is 1. The molecule has 1 aliphatic heterocycles. The van der Waals surface area contributed by atoms with Gasteiger partial charge in [0.2, 0.25) is 0 Å². The number of aliphatic hydroxyl groups excluding tert-OH is 1. The lowest BCUT2D eigenvalue weighted by atomic mass is 9.81. The molecule has 1 heterocycles. The zero-order valence-corrected chi connectivity index (χ0v) is 13.8. The summed E-state index contributed by atoms with van der Waals surface area (Å²) < 4.78 is 10.5. The standard InChI is InChI=1S/C15H19Cl2NO4/c1-21-13-11(17)3-2-10(16)12(13)14(20)18-8-15(9-19)4-6-22-7-5-15/h2-3,19H,4-9H2,1H3,(H,18,20). The molecule has 1 fully saturated rings. The molecule has 122 valence electrons. The van der Waals surface area contributed by atoms with Gasteiger partial charge in [0, 0.05) is 25.2 Å². The molecule has 0 aromatic heterocycles. The number of halogens is 2. The molecule has 2 rings (SSSR count). The molecule has 2 N–H and O–H groups in total. The van der Waals surface area contributed by atoms with Crippen molar-refractivity contribution in [2.45, 2.75) is 12.8 Å². The molecule has 0 radical (unpaired) electrons. The minimum atomic E-state index is -0.372. The first-order valence-electron chi connectivity index (χ1n) is 7.02. The van der Waals surface area contributed by atoms with Gasteiger partial charge in [0.05, 0.1) is 23.8 Å². The second-order valence-electron chi connectivity index (χ2n) is 5.39. The van der Waals surface area contributed by atoms with Gasteiger partial charge in [-0.1, -0.05) is 23.2 Å². The Bertz CT molecular complexity index is 545. The lowest BCUT2D eigenvalue weighted by Crippen LogP contribution is -2.43. The Morgan fingerprint density at radius 3 is 2.59 bits per heavy atom. The summed E-state index contributed by atoms with van der Waals surface area (Å²) in [4.78, 5) is 12.5. The Morgan fingerprint density at radius 1 is 1.36 bits per heavy atom. The SMILES string of the molecule is COc1c(Cl)ccc(Cl)c1C(=O)NCC1(CO)CCOCC1. The van der Waals surface area contributed by atoms with E-state index in [1.54, 1.807) is 12.1 Å². The van der Waals surface area contributed by atoms with Crippen LogP contribution < -0.4 is 10.1 Å². The maximum absolute atomic E-state index is 12.5. The predicted octanol–water partition coefficient (Wildman–Crippen LogP) is 2.52. The molecule has 1 saturated heterocycles. The molecule has 0 spiro atoms. The summed E-state index contributed by atoms with van der Waals surface area (Å²) in [5, 5.41) is 13.1. The molecule has 0 aliphatic carbocycles. The van der Waals surface area contributed by atoms with Gasteiger partial charge < -0.3 is 19.9 Å². The van der Waals surface area contributed by atoms with Crippen molar-refractivity contribution in [1.29, 1.82) is 0 Å². The number of nitrogens with one attached hydrogen (secondary N) is 1. The normalized spacial score (nSPS) is 17.1. The Hall–Kier alpha value is -1.01. The molecule has 0 saturated carbocycles. The van der Waals surface area contributed by atoms with E-state index in [9.17, 15) is 9.90 Å². The maximum atomic E-state index is 12.5. The van der Waals surface area contributed by atoms with Gasteiger partial charge in [0.1, 0.15) is 5.56 Å². The van der Waals surface area contributed by atoms with Crippen molar-refractivity contribution in [3.63, 3.8) is 0 Å². The van der Waals surface area contributed by atoms with E-state index in [1.807, 2.05) is 0 Å². The average molecular weight is 348 g/mol. The van der Waals surface area contributed by atoms with Crippen LogP contribution in [0.1, 0.15) is 23.2 Å². The third-order valence-corrected chi connectivity index (χ3v) is 4.62. The van der Waals surface area contributed by atoms with Crippen LogP contribution in [0.3, 0.4) is 0 Å². The van der Waals surface area contributed by atoms with Crippen LogP contribution >= 0.6 is 23.2 Å². The third-order valence-electron chi connectivity index (χ3n) is 4.00. The number of aliphatic hydroxyl groups is 1. The average Bonchev–Trinajstić information content (AvgIpc) is 2.55. The first-order valence-corrected chi connectivity index (χ1v) is 7.77. The van der Waals surface area contributed by atoms with E-state index in [2.05, 4.69) is 5.32 Å². The van der Waals surface area contributed by atoms with E-state index >= 15 is 0 Å². The van der Waals surface area contributed by atoms with Crippen molar-refractivity contribution in [2.24, 2.45) is 5.41 Å². The molecule has 7 heteroatoms. The summed E-state index contributed by atoms with van der Waals surface area (Å²) in [7, 11) is 1.43. The maximum Gasteiger partial charge on any atom is 0.256 e. The Morgan fingerprint density at radius 2 is 2.00 bits per heavy atom. The molecule has 1 aliphatic rings. The topological polar surface area (TPSA) is 67.8 Å². The second kappa shape index (κ2) is 7.51. The van der Waals surface area contributed by atoms with Crippen molar-refractivity contribution in [1.82, 2.24) is 5.32 Å². The van der Waals surface area contributed by atoms with Crippen LogP contribution in [0.5, 0.6) is 5.75 Å². The first-order chi connectivity index (χ1) is 10.5. The lowest BCUT2D eigenvalue weighted by molar-refractivity contribution is -0.0146. The largest absolute Gasteiger partial charge is 0.494 e. The van der Waals surface area contributed by atoms with Crippen LogP contribution in [-0.2, 0) is 4.74 Å². The third kappa shape index (κ3) is 3.66. The predicted molar refractivity (Wildman–Crippen MR) is 84.9 cm³/mol. The Labute approximate surface area is 139 Å². The molecule has 0 bridgehead atoms. The van der Waals surface area contributed by atoms with Crippen LogP contribution in [-0.4, -0.2) is 44.5 Å². The highest BCUT2D eigenvalue weighted by molar-refractivity contribution is 6.37. The highest BCUT2D eigenvalue weighted by Crippen LogP contribution is 2.34. The fraction of sp³-hybridized carbons (Fsp3) is 0.533. The summed E-state index contributed by atoms with van der Waals surface area (Å²) in [6.07, 6.45) is 1.40. The van der Waals surface area contributed by atoms with Gasteiger partial charge in [-0.25, -0.2) is 0 Å². The molecule has 1 aromatic carbocycles. The highest BCUT2D eigenvalue weighted by Gasteiger charge is 2.33. The minimum absolute atomic E-state index is 0.00292. The summed E-state index contributed by atoms with van der Waals surface area (Å²) >= 11 is 12.1. The number of benzene rings is 1. The van der Waals surface area contributed by atoms with Crippen molar-refractivity contribution >= 4 is 29.1 Å². The Kier molecular flexibility index (Phi) is 5.92.